The number of rotatable bonds is 7. The van der Waals surface area contributed by atoms with Gasteiger partial charge in [-0.05, 0) is 31.4 Å². The van der Waals surface area contributed by atoms with Crippen molar-refractivity contribution >= 4 is 11.0 Å². The third-order valence-corrected chi connectivity index (χ3v) is 4.62. The maximum atomic E-state index is 6.13. The average Bonchev–Trinajstić information content (AvgIpc) is 2.88. The van der Waals surface area contributed by atoms with Crippen molar-refractivity contribution in [2.45, 2.75) is 52.0 Å². The van der Waals surface area contributed by atoms with Crippen LogP contribution in [-0.2, 0) is 12.0 Å². The summed E-state index contributed by atoms with van der Waals surface area (Å²) < 4.78 is 7.66. The normalized spacial score (nSPS) is 12.0. The number of hydrogen-bond acceptors (Lipinski definition) is 3. The van der Waals surface area contributed by atoms with E-state index >= 15 is 0 Å². The largest absolute Gasteiger partial charge is 0.497 e. The Balaban J connectivity index is 2.68. The summed E-state index contributed by atoms with van der Waals surface area (Å²) in [6, 6.07) is 6.12. The van der Waals surface area contributed by atoms with Crippen molar-refractivity contribution in [1.82, 2.24) is 9.55 Å². The number of fused-ring (bicyclic) bond motifs is 1. The third-order valence-electron chi connectivity index (χ3n) is 4.62. The molecule has 1 aromatic heterocycles. The summed E-state index contributed by atoms with van der Waals surface area (Å²) in [7, 11) is 1.69. The lowest BCUT2D eigenvalue weighted by Crippen LogP contribution is -2.36. The molecule has 2 rings (SSSR count). The molecule has 0 aliphatic heterocycles. The van der Waals surface area contributed by atoms with Gasteiger partial charge in [-0.3, -0.25) is 0 Å². The summed E-state index contributed by atoms with van der Waals surface area (Å²) >= 11 is 0. The van der Waals surface area contributed by atoms with Gasteiger partial charge in [0.15, 0.2) is 0 Å². The molecule has 0 spiro atoms. The summed E-state index contributed by atoms with van der Waals surface area (Å²) in [5.41, 5.74) is 8.26. The van der Waals surface area contributed by atoms with Gasteiger partial charge in [0.2, 0.25) is 0 Å². The molecule has 2 aromatic rings. The zero-order valence-electron chi connectivity index (χ0n) is 13.6. The van der Waals surface area contributed by atoms with Crippen LogP contribution in [0.3, 0.4) is 0 Å². The van der Waals surface area contributed by atoms with Crippen molar-refractivity contribution in [3.05, 3.63) is 24.0 Å². The average molecular weight is 289 g/mol. The van der Waals surface area contributed by atoms with Gasteiger partial charge in [0.25, 0.3) is 0 Å². The Bertz CT molecular complexity index is 591. The monoisotopic (exact) mass is 289 g/mol. The molecule has 116 valence electrons. The second kappa shape index (κ2) is 6.48. The molecule has 0 aliphatic rings. The SMILES string of the molecule is CCCn1c(C(CC)(CC)CN)nc2cc(OC)ccc21. The van der Waals surface area contributed by atoms with E-state index in [-0.39, 0.29) is 5.41 Å². The molecule has 0 amide bonds. The second-order valence-corrected chi connectivity index (χ2v) is 5.63. The summed E-state index contributed by atoms with van der Waals surface area (Å²) in [4.78, 5) is 4.93. The van der Waals surface area contributed by atoms with Gasteiger partial charge in [-0.1, -0.05) is 20.8 Å². The summed E-state index contributed by atoms with van der Waals surface area (Å²) in [6.07, 6.45) is 3.09. The number of aromatic nitrogens is 2. The van der Waals surface area contributed by atoms with E-state index in [9.17, 15) is 0 Å². The lowest BCUT2D eigenvalue weighted by Gasteiger charge is -2.30. The smallest absolute Gasteiger partial charge is 0.121 e. The van der Waals surface area contributed by atoms with Crippen LogP contribution in [0.25, 0.3) is 11.0 Å². The number of ether oxygens (including phenoxy) is 1. The molecule has 0 fully saturated rings. The minimum atomic E-state index is -0.0403. The van der Waals surface area contributed by atoms with Gasteiger partial charge in [-0.25, -0.2) is 4.98 Å². The van der Waals surface area contributed by atoms with Gasteiger partial charge < -0.3 is 15.0 Å². The van der Waals surface area contributed by atoms with E-state index in [1.807, 2.05) is 12.1 Å². The van der Waals surface area contributed by atoms with Crippen LogP contribution in [0.15, 0.2) is 18.2 Å². The molecule has 2 N–H and O–H groups in total. The van der Waals surface area contributed by atoms with Gasteiger partial charge >= 0.3 is 0 Å². The van der Waals surface area contributed by atoms with Crippen molar-refractivity contribution in [3.8, 4) is 5.75 Å². The fraction of sp³-hybridized carbons (Fsp3) is 0.588. The predicted molar refractivity (Wildman–Crippen MR) is 87.9 cm³/mol. The van der Waals surface area contributed by atoms with Gasteiger partial charge in [-0.2, -0.15) is 0 Å². The van der Waals surface area contributed by atoms with Gasteiger partial charge in [0, 0.05) is 24.6 Å². The molecule has 4 nitrogen and oxygen atoms in total. The van der Waals surface area contributed by atoms with Gasteiger partial charge in [0.1, 0.15) is 11.6 Å². The Morgan fingerprint density at radius 2 is 1.95 bits per heavy atom. The minimum absolute atomic E-state index is 0.0403. The Morgan fingerprint density at radius 3 is 2.48 bits per heavy atom. The number of nitrogens with zero attached hydrogens (tertiary/aromatic N) is 2. The first-order valence-electron chi connectivity index (χ1n) is 7.90. The Kier molecular flexibility index (Phi) is 4.88. The van der Waals surface area contributed by atoms with Gasteiger partial charge in [0.05, 0.1) is 18.1 Å². The number of methoxy groups -OCH3 is 1. The lowest BCUT2D eigenvalue weighted by atomic mass is 9.81. The molecule has 1 aromatic carbocycles. The Hall–Kier alpha value is -1.55. The highest BCUT2D eigenvalue weighted by Crippen LogP contribution is 2.33. The van der Waals surface area contributed by atoms with E-state index < -0.39 is 0 Å². The molecule has 0 bridgehead atoms. The van der Waals surface area contributed by atoms with Crippen LogP contribution in [0.5, 0.6) is 5.75 Å². The van der Waals surface area contributed by atoms with Crippen molar-refractivity contribution < 1.29 is 4.74 Å². The highest BCUT2D eigenvalue weighted by atomic mass is 16.5. The van der Waals surface area contributed by atoms with Crippen LogP contribution in [0.4, 0.5) is 0 Å². The number of nitrogens with two attached hydrogens (primary N) is 1. The van der Waals surface area contributed by atoms with Crippen LogP contribution in [0, 0.1) is 0 Å². The van der Waals surface area contributed by atoms with Crippen LogP contribution in [0.2, 0.25) is 0 Å². The first kappa shape index (κ1) is 15.8. The van der Waals surface area contributed by atoms with Crippen LogP contribution < -0.4 is 10.5 Å². The van der Waals surface area contributed by atoms with Crippen LogP contribution in [0.1, 0.15) is 45.9 Å². The van der Waals surface area contributed by atoms with Crippen LogP contribution in [-0.4, -0.2) is 23.2 Å². The maximum absolute atomic E-state index is 6.13. The second-order valence-electron chi connectivity index (χ2n) is 5.63. The quantitative estimate of drug-likeness (QED) is 0.849. The molecule has 0 atom stereocenters. The molecule has 4 heteroatoms. The Labute approximate surface area is 127 Å². The first-order chi connectivity index (χ1) is 10.2. The predicted octanol–water partition coefficient (Wildman–Crippen LogP) is 3.47. The molecule has 0 unspecified atom stereocenters. The molecule has 0 radical (unpaired) electrons. The molecule has 0 saturated carbocycles. The first-order valence-corrected chi connectivity index (χ1v) is 7.90. The molecule has 0 saturated heterocycles. The zero-order valence-corrected chi connectivity index (χ0v) is 13.6. The van der Waals surface area contributed by atoms with Crippen molar-refractivity contribution in [1.29, 1.82) is 0 Å². The number of imidazole rings is 1. The molecule has 0 aliphatic carbocycles. The minimum Gasteiger partial charge on any atom is -0.497 e. The van der Waals surface area contributed by atoms with E-state index in [1.165, 1.54) is 5.52 Å². The fourth-order valence-electron chi connectivity index (χ4n) is 3.04. The Morgan fingerprint density at radius 1 is 1.24 bits per heavy atom. The number of aryl methyl sites for hydroxylation is 1. The van der Waals surface area contributed by atoms with Crippen molar-refractivity contribution in [3.63, 3.8) is 0 Å². The number of benzene rings is 1. The molecule has 1 heterocycles. The standard InChI is InChI=1S/C17H27N3O/c1-5-10-20-15-9-8-13(21-4)11-14(15)19-16(20)17(6-2,7-3)12-18/h8-9,11H,5-7,10,12,18H2,1-4H3. The lowest BCUT2D eigenvalue weighted by molar-refractivity contribution is 0.366. The third kappa shape index (κ3) is 2.64. The summed E-state index contributed by atoms with van der Waals surface area (Å²) in [5, 5.41) is 0. The fourth-order valence-corrected chi connectivity index (χ4v) is 3.04. The zero-order chi connectivity index (χ0) is 15.5. The maximum Gasteiger partial charge on any atom is 0.121 e. The topological polar surface area (TPSA) is 53.1 Å². The summed E-state index contributed by atoms with van der Waals surface area (Å²) in [5.74, 6) is 1.97. The van der Waals surface area contributed by atoms with E-state index in [0.29, 0.717) is 6.54 Å². The van der Waals surface area contributed by atoms with Crippen LogP contribution >= 0.6 is 0 Å². The van der Waals surface area contributed by atoms with E-state index in [1.54, 1.807) is 7.11 Å². The number of hydrogen-bond donors (Lipinski definition) is 1. The molecular formula is C17H27N3O. The summed E-state index contributed by atoms with van der Waals surface area (Å²) in [6.45, 7) is 8.20. The van der Waals surface area contributed by atoms with E-state index in [4.69, 9.17) is 15.5 Å². The van der Waals surface area contributed by atoms with E-state index in [0.717, 1.165) is 42.9 Å². The molecular weight excluding hydrogens is 262 g/mol. The highest BCUT2D eigenvalue weighted by molar-refractivity contribution is 5.78. The highest BCUT2D eigenvalue weighted by Gasteiger charge is 2.32. The van der Waals surface area contributed by atoms with Crippen molar-refractivity contribution in [2.75, 3.05) is 13.7 Å². The molecule has 21 heavy (non-hydrogen) atoms. The van der Waals surface area contributed by atoms with Gasteiger partial charge in [-0.15, -0.1) is 0 Å². The van der Waals surface area contributed by atoms with Crippen molar-refractivity contribution in [2.24, 2.45) is 5.73 Å². The van der Waals surface area contributed by atoms with E-state index in [2.05, 4.69) is 31.4 Å².